The van der Waals surface area contributed by atoms with Crippen molar-refractivity contribution in [3.05, 3.63) is 88.3 Å². The van der Waals surface area contributed by atoms with Crippen LogP contribution in [0.15, 0.2) is 65.3 Å². The van der Waals surface area contributed by atoms with Crippen LogP contribution in [-0.4, -0.2) is 25.0 Å². The van der Waals surface area contributed by atoms with Gasteiger partial charge in [0.1, 0.15) is 5.56 Å². The number of carbonyl (C=O) groups is 3. The Morgan fingerprint density at radius 1 is 0.966 bits per heavy atom. The molecule has 2 aromatic carbocycles. The van der Waals surface area contributed by atoms with Gasteiger partial charge >= 0.3 is 11.9 Å². The molecule has 0 unspecified atom stereocenters. The third-order valence-corrected chi connectivity index (χ3v) is 4.24. The molecule has 0 radical (unpaired) electrons. The standard InChI is InChI=1S/C21H16ClNO6/c1-27-20(25)16-10-11-28-18(16)12-29-21(26)15-4-2-3-5-17(15)23-19(24)13-6-8-14(22)9-7-13/h2-11H,12H2,1H3,(H,23,24). The highest BCUT2D eigenvalue weighted by atomic mass is 35.5. The fraction of sp³-hybridized carbons (Fsp3) is 0.0952. The lowest BCUT2D eigenvalue weighted by atomic mass is 10.1. The Morgan fingerprint density at radius 2 is 1.69 bits per heavy atom. The lowest BCUT2D eigenvalue weighted by Crippen LogP contribution is -2.16. The van der Waals surface area contributed by atoms with Crippen LogP contribution in [0.3, 0.4) is 0 Å². The van der Waals surface area contributed by atoms with E-state index < -0.39 is 17.8 Å². The Morgan fingerprint density at radius 3 is 2.41 bits per heavy atom. The quantitative estimate of drug-likeness (QED) is 0.604. The highest BCUT2D eigenvalue weighted by Crippen LogP contribution is 2.20. The number of rotatable bonds is 6. The number of methoxy groups -OCH3 is 1. The molecule has 1 amide bonds. The molecule has 3 rings (SSSR count). The van der Waals surface area contributed by atoms with Gasteiger partial charge in [0.15, 0.2) is 12.4 Å². The van der Waals surface area contributed by atoms with E-state index in [0.29, 0.717) is 10.6 Å². The number of esters is 2. The first-order valence-corrected chi connectivity index (χ1v) is 8.85. The van der Waals surface area contributed by atoms with Crippen LogP contribution in [0, 0.1) is 0 Å². The van der Waals surface area contributed by atoms with Crippen molar-refractivity contribution < 1.29 is 28.3 Å². The number of hydrogen-bond donors (Lipinski definition) is 1. The predicted octanol–water partition coefficient (Wildman–Crippen LogP) is 4.33. The Hall–Kier alpha value is -3.58. The Bertz CT molecular complexity index is 1040. The molecule has 7 nitrogen and oxygen atoms in total. The smallest absolute Gasteiger partial charge is 0.341 e. The fourth-order valence-electron chi connectivity index (χ4n) is 2.52. The maximum atomic E-state index is 12.5. The first-order chi connectivity index (χ1) is 14.0. The summed E-state index contributed by atoms with van der Waals surface area (Å²) in [5.74, 6) is -1.53. The molecule has 0 fully saturated rings. The van der Waals surface area contributed by atoms with E-state index in [0.717, 1.165) is 0 Å². The zero-order chi connectivity index (χ0) is 20.8. The Labute approximate surface area is 171 Å². The summed E-state index contributed by atoms with van der Waals surface area (Å²) in [5, 5.41) is 3.19. The molecule has 148 valence electrons. The van der Waals surface area contributed by atoms with Gasteiger partial charge in [-0.25, -0.2) is 9.59 Å². The number of carbonyl (C=O) groups excluding carboxylic acids is 3. The molecule has 0 atom stereocenters. The normalized spacial score (nSPS) is 10.3. The molecular weight excluding hydrogens is 398 g/mol. The van der Waals surface area contributed by atoms with Gasteiger partial charge in [0.2, 0.25) is 0 Å². The number of para-hydroxylation sites is 1. The van der Waals surface area contributed by atoms with Crippen LogP contribution >= 0.6 is 11.6 Å². The second kappa shape index (κ2) is 9.07. The number of nitrogens with one attached hydrogen (secondary N) is 1. The molecule has 0 aliphatic rings. The summed E-state index contributed by atoms with van der Waals surface area (Å²) < 4.78 is 15.1. The molecule has 1 aromatic heterocycles. The van der Waals surface area contributed by atoms with Crippen molar-refractivity contribution in [3.8, 4) is 0 Å². The van der Waals surface area contributed by atoms with Crippen molar-refractivity contribution in [2.24, 2.45) is 0 Å². The maximum absolute atomic E-state index is 12.5. The molecular formula is C21H16ClNO6. The summed E-state index contributed by atoms with van der Waals surface area (Å²) in [6, 6.07) is 14.2. The molecule has 0 saturated carbocycles. The number of amides is 1. The molecule has 3 aromatic rings. The van der Waals surface area contributed by atoms with Crippen LogP contribution in [0.5, 0.6) is 0 Å². The molecule has 0 aliphatic carbocycles. The van der Waals surface area contributed by atoms with Crippen LogP contribution < -0.4 is 5.32 Å². The van der Waals surface area contributed by atoms with Gasteiger partial charge in [0.05, 0.1) is 24.6 Å². The second-order valence-corrected chi connectivity index (χ2v) is 6.27. The van der Waals surface area contributed by atoms with Crippen LogP contribution in [0.1, 0.15) is 36.8 Å². The molecule has 1 N–H and O–H groups in total. The molecule has 29 heavy (non-hydrogen) atoms. The number of furan rings is 1. The van der Waals surface area contributed by atoms with E-state index in [2.05, 4.69) is 10.1 Å². The van der Waals surface area contributed by atoms with Crippen molar-refractivity contribution >= 4 is 35.1 Å². The van der Waals surface area contributed by atoms with E-state index in [1.54, 1.807) is 42.5 Å². The van der Waals surface area contributed by atoms with E-state index in [-0.39, 0.29) is 29.2 Å². The van der Waals surface area contributed by atoms with E-state index in [1.165, 1.54) is 25.5 Å². The molecule has 0 spiro atoms. The minimum Gasteiger partial charge on any atom is -0.465 e. The Kier molecular flexibility index (Phi) is 6.31. The minimum absolute atomic E-state index is 0.154. The van der Waals surface area contributed by atoms with Gasteiger partial charge in [0.25, 0.3) is 5.91 Å². The molecule has 0 saturated heterocycles. The number of hydrogen-bond acceptors (Lipinski definition) is 6. The SMILES string of the molecule is COC(=O)c1ccoc1COC(=O)c1ccccc1NC(=O)c1ccc(Cl)cc1. The van der Waals surface area contributed by atoms with Gasteiger partial charge in [-0.05, 0) is 42.5 Å². The summed E-state index contributed by atoms with van der Waals surface area (Å²) in [6.07, 6.45) is 1.30. The lowest BCUT2D eigenvalue weighted by Gasteiger charge is -2.11. The highest BCUT2D eigenvalue weighted by molar-refractivity contribution is 6.30. The average molecular weight is 414 g/mol. The van der Waals surface area contributed by atoms with Gasteiger partial charge in [-0.1, -0.05) is 23.7 Å². The van der Waals surface area contributed by atoms with Crippen molar-refractivity contribution in [2.75, 3.05) is 12.4 Å². The largest absolute Gasteiger partial charge is 0.465 e. The van der Waals surface area contributed by atoms with Gasteiger partial charge in [0, 0.05) is 10.6 Å². The average Bonchev–Trinajstić information content (AvgIpc) is 3.21. The lowest BCUT2D eigenvalue weighted by molar-refractivity contribution is 0.0433. The topological polar surface area (TPSA) is 94.8 Å². The number of ether oxygens (including phenoxy) is 2. The fourth-order valence-corrected chi connectivity index (χ4v) is 2.64. The third kappa shape index (κ3) is 4.83. The number of halogens is 1. The van der Waals surface area contributed by atoms with Crippen LogP contribution in [0.4, 0.5) is 5.69 Å². The summed E-state index contributed by atoms with van der Waals surface area (Å²) >= 11 is 5.83. The van der Waals surface area contributed by atoms with Crippen LogP contribution in [0.2, 0.25) is 5.02 Å². The molecule has 0 bridgehead atoms. The molecule has 0 aliphatic heterocycles. The zero-order valence-corrected chi connectivity index (χ0v) is 16.1. The first kappa shape index (κ1) is 20.2. The number of anilines is 1. The minimum atomic E-state index is -0.691. The van der Waals surface area contributed by atoms with Gasteiger partial charge in [-0.2, -0.15) is 0 Å². The highest BCUT2D eigenvalue weighted by Gasteiger charge is 2.19. The van der Waals surface area contributed by atoms with Crippen LogP contribution in [-0.2, 0) is 16.1 Å². The monoisotopic (exact) mass is 413 g/mol. The van der Waals surface area contributed by atoms with Crippen molar-refractivity contribution in [3.63, 3.8) is 0 Å². The third-order valence-electron chi connectivity index (χ3n) is 3.99. The molecule has 1 heterocycles. The van der Waals surface area contributed by atoms with Gasteiger partial charge < -0.3 is 19.2 Å². The van der Waals surface area contributed by atoms with Crippen molar-refractivity contribution in [1.82, 2.24) is 0 Å². The van der Waals surface area contributed by atoms with Gasteiger partial charge in [-0.3, -0.25) is 4.79 Å². The summed E-state index contributed by atoms with van der Waals surface area (Å²) in [7, 11) is 1.24. The summed E-state index contributed by atoms with van der Waals surface area (Å²) in [6.45, 7) is -0.268. The summed E-state index contributed by atoms with van der Waals surface area (Å²) in [4.78, 5) is 36.6. The van der Waals surface area contributed by atoms with E-state index >= 15 is 0 Å². The second-order valence-electron chi connectivity index (χ2n) is 5.83. The summed E-state index contributed by atoms with van der Waals surface area (Å²) in [5.41, 5.74) is 0.992. The van der Waals surface area contributed by atoms with E-state index in [4.69, 9.17) is 20.8 Å². The molecule has 8 heteroatoms. The zero-order valence-electron chi connectivity index (χ0n) is 15.3. The maximum Gasteiger partial charge on any atom is 0.341 e. The van der Waals surface area contributed by atoms with E-state index in [9.17, 15) is 14.4 Å². The first-order valence-electron chi connectivity index (χ1n) is 8.47. The predicted molar refractivity (Wildman–Crippen MR) is 105 cm³/mol. The van der Waals surface area contributed by atoms with Crippen molar-refractivity contribution in [2.45, 2.75) is 6.61 Å². The number of benzene rings is 2. The van der Waals surface area contributed by atoms with Gasteiger partial charge in [-0.15, -0.1) is 0 Å². The Balaban J connectivity index is 1.72. The van der Waals surface area contributed by atoms with Crippen LogP contribution in [0.25, 0.3) is 0 Å². The van der Waals surface area contributed by atoms with E-state index in [1.807, 2.05) is 0 Å². The van der Waals surface area contributed by atoms with Crippen molar-refractivity contribution in [1.29, 1.82) is 0 Å².